The van der Waals surface area contributed by atoms with Crippen molar-refractivity contribution in [1.29, 1.82) is 0 Å². The Bertz CT molecular complexity index is 1350. The van der Waals surface area contributed by atoms with Crippen molar-refractivity contribution in [3.05, 3.63) is 86.9 Å². The van der Waals surface area contributed by atoms with Gasteiger partial charge in [0.05, 0.1) is 24.4 Å². The van der Waals surface area contributed by atoms with E-state index in [1.807, 2.05) is 37.3 Å². The van der Waals surface area contributed by atoms with Gasteiger partial charge < -0.3 is 15.4 Å². The number of methoxy groups -OCH3 is 1. The van der Waals surface area contributed by atoms with Gasteiger partial charge in [0.25, 0.3) is 0 Å². The second-order valence-electron chi connectivity index (χ2n) is 8.36. The molecule has 2 unspecified atom stereocenters. The Hall–Kier alpha value is -3.35. The zero-order valence-corrected chi connectivity index (χ0v) is 20.0. The standard InChI is InChI=1S/C26H21Cl2N3O3/c1-13-18-8-5-15(10-20(18)30-25(13)32)23-19-11-17(28)12-22(34-2)24(19)31-26(33)21(29-23)9-14-3-6-16(27)7-4-14/h3-8,10-13,21H,9H2,1-2H3,(H,30,32)(H,31,33). The van der Waals surface area contributed by atoms with E-state index in [1.54, 1.807) is 24.3 Å². The van der Waals surface area contributed by atoms with Crippen LogP contribution >= 0.6 is 23.2 Å². The number of anilines is 2. The van der Waals surface area contributed by atoms with Gasteiger partial charge in [0.1, 0.15) is 11.8 Å². The largest absolute Gasteiger partial charge is 0.494 e. The lowest BCUT2D eigenvalue weighted by molar-refractivity contribution is -0.117. The van der Waals surface area contributed by atoms with Crippen LogP contribution in [0.15, 0.2) is 59.6 Å². The first-order chi connectivity index (χ1) is 16.3. The fourth-order valence-corrected chi connectivity index (χ4v) is 4.67. The number of rotatable bonds is 4. The molecule has 0 aromatic heterocycles. The molecule has 0 fully saturated rings. The minimum absolute atomic E-state index is 0.0440. The highest BCUT2D eigenvalue weighted by Gasteiger charge is 2.31. The van der Waals surface area contributed by atoms with E-state index >= 15 is 0 Å². The molecule has 0 saturated heterocycles. The molecule has 34 heavy (non-hydrogen) atoms. The number of nitrogens with zero attached hydrogens (tertiary/aromatic N) is 1. The maximum absolute atomic E-state index is 13.3. The number of ether oxygens (including phenoxy) is 1. The first-order valence-corrected chi connectivity index (χ1v) is 11.6. The van der Waals surface area contributed by atoms with Crippen molar-refractivity contribution in [2.45, 2.75) is 25.3 Å². The quantitative estimate of drug-likeness (QED) is 0.506. The van der Waals surface area contributed by atoms with E-state index in [9.17, 15) is 9.59 Å². The van der Waals surface area contributed by atoms with Crippen LogP contribution in [0.25, 0.3) is 0 Å². The van der Waals surface area contributed by atoms with Gasteiger partial charge in [-0.1, -0.05) is 47.5 Å². The number of fused-ring (bicyclic) bond motifs is 2. The average Bonchev–Trinajstić information content (AvgIpc) is 3.02. The molecule has 0 aliphatic carbocycles. The Balaban J connectivity index is 1.66. The van der Waals surface area contributed by atoms with Gasteiger partial charge in [0.15, 0.2) is 0 Å². The Kier molecular flexibility index (Phi) is 5.80. The number of aliphatic imine (C=N–C) groups is 1. The Labute approximate surface area is 206 Å². The van der Waals surface area contributed by atoms with E-state index in [1.165, 1.54) is 7.11 Å². The van der Waals surface area contributed by atoms with Crippen LogP contribution in [0.5, 0.6) is 5.75 Å². The predicted molar refractivity (Wildman–Crippen MR) is 135 cm³/mol. The van der Waals surface area contributed by atoms with E-state index in [0.717, 1.165) is 22.4 Å². The molecule has 2 heterocycles. The maximum Gasteiger partial charge on any atom is 0.249 e. The maximum atomic E-state index is 13.3. The highest BCUT2D eigenvalue weighted by molar-refractivity contribution is 6.32. The summed E-state index contributed by atoms with van der Waals surface area (Å²) in [5, 5.41) is 6.99. The fraction of sp³-hybridized carbons (Fsp3) is 0.192. The van der Waals surface area contributed by atoms with Crippen molar-refractivity contribution in [2.75, 3.05) is 17.7 Å². The lowest BCUT2D eigenvalue weighted by Crippen LogP contribution is -2.27. The molecule has 2 amide bonds. The second-order valence-corrected chi connectivity index (χ2v) is 9.23. The first kappa shape index (κ1) is 22.4. The normalized spacial score (nSPS) is 18.9. The molecule has 2 N–H and O–H groups in total. The van der Waals surface area contributed by atoms with Gasteiger partial charge in [-0.15, -0.1) is 0 Å². The zero-order valence-electron chi connectivity index (χ0n) is 18.5. The molecule has 2 aliphatic heterocycles. The van der Waals surface area contributed by atoms with Gasteiger partial charge in [0, 0.05) is 39.3 Å². The number of benzodiazepines with no additional fused rings is 1. The third-order valence-electron chi connectivity index (χ3n) is 6.16. The second kappa shape index (κ2) is 8.78. The molecule has 0 saturated carbocycles. The number of benzene rings is 3. The lowest BCUT2D eigenvalue weighted by Gasteiger charge is -2.15. The summed E-state index contributed by atoms with van der Waals surface area (Å²) in [5.74, 6) is -0.0749. The third-order valence-corrected chi connectivity index (χ3v) is 6.63. The number of carbonyl (C=O) groups excluding carboxylic acids is 2. The zero-order chi connectivity index (χ0) is 24.0. The summed E-state index contributed by atoms with van der Waals surface area (Å²) < 4.78 is 5.52. The van der Waals surface area contributed by atoms with Gasteiger partial charge in [-0.3, -0.25) is 14.6 Å². The smallest absolute Gasteiger partial charge is 0.249 e. The summed E-state index contributed by atoms with van der Waals surface area (Å²) in [6, 6.07) is 15.8. The number of hydrogen-bond donors (Lipinski definition) is 2. The van der Waals surface area contributed by atoms with Crippen molar-refractivity contribution in [3.8, 4) is 5.75 Å². The first-order valence-electron chi connectivity index (χ1n) is 10.8. The summed E-state index contributed by atoms with van der Waals surface area (Å²) in [4.78, 5) is 30.4. The minimum Gasteiger partial charge on any atom is -0.494 e. The summed E-state index contributed by atoms with van der Waals surface area (Å²) in [7, 11) is 1.53. The highest BCUT2D eigenvalue weighted by Crippen LogP contribution is 2.38. The Morgan fingerprint density at radius 1 is 0.941 bits per heavy atom. The predicted octanol–water partition coefficient (Wildman–Crippen LogP) is 5.46. The van der Waals surface area contributed by atoms with E-state index in [0.29, 0.717) is 39.2 Å². The summed E-state index contributed by atoms with van der Waals surface area (Å²) in [6.45, 7) is 1.87. The van der Waals surface area contributed by atoms with Gasteiger partial charge >= 0.3 is 0 Å². The number of nitrogens with one attached hydrogen (secondary N) is 2. The van der Waals surface area contributed by atoms with Crippen LogP contribution in [0.2, 0.25) is 10.0 Å². The van der Waals surface area contributed by atoms with Crippen LogP contribution in [0.3, 0.4) is 0 Å². The van der Waals surface area contributed by atoms with Crippen molar-refractivity contribution in [3.63, 3.8) is 0 Å². The Morgan fingerprint density at radius 3 is 2.44 bits per heavy atom. The summed E-state index contributed by atoms with van der Waals surface area (Å²) in [6.07, 6.45) is 0.384. The van der Waals surface area contributed by atoms with E-state index in [2.05, 4.69) is 10.6 Å². The third kappa shape index (κ3) is 4.04. The SMILES string of the molecule is COc1cc(Cl)cc2c1NC(=O)C(Cc1ccc(Cl)cc1)N=C2c1ccc2c(c1)NC(=O)C2C. The molecule has 3 aromatic rings. The van der Waals surface area contributed by atoms with Crippen molar-refractivity contribution < 1.29 is 14.3 Å². The lowest BCUT2D eigenvalue weighted by atomic mass is 9.96. The van der Waals surface area contributed by atoms with Crippen molar-refractivity contribution in [2.24, 2.45) is 4.99 Å². The van der Waals surface area contributed by atoms with Gasteiger partial charge in [0.2, 0.25) is 11.8 Å². The molecule has 3 aromatic carbocycles. The average molecular weight is 494 g/mol. The molecular formula is C26H21Cl2N3O3. The fourth-order valence-electron chi connectivity index (χ4n) is 4.33. The molecule has 0 bridgehead atoms. The van der Waals surface area contributed by atoms with Crippen LogP contribution in [0, 0.1) is 0 Å². The molecular weight excluding hydrogens is 473 g/mol. The van der Waals surface area contributed by atoms with Gasteiger partial charge in [-0.25, -0.2) is 0 Å². The number of amides is 2. The molecule has 2 atom stereocenters. The van der Waals surface area contributed by atoms with E-state index in [-0.39, 0.29) is 17.7 Å². The minimum atomic E-state index is -0.700. The van der Waals surface area contributed by atoms with E-state index < -0.39 is 6.04 Å². The summed E-state index contributed by atoms with van der Waals surface area (Å²) in [5.41, 5.74) is 5.10. The molecule has 6 nitrogen and oxygen atoms in total. The van der Waals surface area contributed by atoms with Crippen LogP contribution in [0.1, 0.15) is 35.1 Å². The number of halogens is 2. The molecule has 5 rings (SSSR count). The van der Waals surface area contributed by atoms with E-state index in [4.69, 9.17) is 32.9 Å². The van der Waals surface area contributed by atoms with Crippen molar-refractivity contribution in [1.82, 2.24) is 0 Å². The molecule has 8 heteroatoms. The van der Waals surface area contributed by atoms with Gasteiger partial charge in [-0.05, 0) is 42.3 Å². The topological polar surface area (TPSA) is 79.8 Å². The molecule has 0 radical (unpaired) electrons. The van der Waals surface area contributed by atoms with Crippen molar-refractivity contribution >= 4 is 52.1 Å². The van der Waals surface area contributed by atoms with Crippen LogP contribution in [-0.4, -0.2) is 30.7 Å². The molecule has 0 spiro atoms. The monoisotopic (exact) mass is 493 g/mol. The van der Waals surface area contributed by atoms with Crippen LogP contribution in [-0.2, 0) is 16.0 Å². The number of carbonyl (C=O) groups is 2. The Morgan fingerprint density at radius 2 is 1.71 bits per heavy atom. The highest BCUT2D eigenvalue weighted by atomic mass is 35.5. The number of hydrogen-bond acceptors (Lipinski definition) is 4. The van der Waals surface area contributed by atoms with Crippen LogP contribution in [0.4, 0.5) is 11.4 Å². The molecule has 172 valence electrons. The molecule has 2 aliphatic rings. The summed E-state index contributed by atoms with van der Waals surface area (Å²) >= 11 is 12.4. The van der Waals surface area contributed by atoms with Crippen LogP contribution < -0.4 is 15.4 Å². The van der Waals surface area contributed by atoms with Gasteiger partial charge in [-0.2, -0.15) is 0 Å².